The Kier molecular flexibility index (Phi) is 7.06. The van der Waals surface area contributed by atoms with Crippen molar-refractivity contribution in [2.45, 2.75) is 19.8 Å². The van der Waals surface area contributed by atoms with Gasteiger partial charge in [0.15, 0.2) is 5.78 Å². The van der Waals surface area contributed by atoms with Crippen molar-refractivity contribution in [3.63, 3.8) is 0 Å². The van der Waals surface area contributed by atoms with E-state index in [4.69, 9.17) is 46.4 Å². The van der Waals surface area contributed by atoms with Crippen molar-refractivity contribution in [3.05, 3.63) is 79.3 Å². The van der Waals surface area contributed by atoms with Gasteiger partial charge in [-0.15, -0.1) is 0 Å². The number of amides is 3. The van der Waals surface area contributed by atoms with E-state index in [-0.39, 0.29) is 26.2 Å². The van der Waals surface area contributed by atoms with Gasteiger partial charge in [0, 0.05) is 16.1 Å². The standard InChI is InChI=1S/C24H18Cl4N2O4/c1-12-2-5-15-17(8-12)24(34)30(23(15)33)29(22(32)13-3-7-18(26)20(28)9-13)11-21(31)16-6-4-14(25)10-19(16)27/h2-4,6-7,9-10,15,17H,5,8,11H2,1H3/t15-,17-/m0/s1. The molecule has 1 aliphatic carbocycles. The summed E-state index contributed by atoms with van der Waals surface area (Å²) in [6.07, 6.45) is 2.72. The molecule has 2 aliphatic rings. The molecular weight excluding hydrogens is 522 g/mol. The fourth-order valence-electron chi connectivity index (χ4n) is 4.21. The lowest BCUT2D eigenvalue weighted by molar-refractivity contribution is -0.154. The van der Waals surface area contributed by atoms with Gasteiger partial charge in [-0.1, -0.05) is 58.1 Å². The Labute approximate surface area is 216 Å². The third-order valence-electron chi connectivity index (χ3n) is 5.97. The Morgan fingerprint density at radius 3 is 2.32 bits per heavy atom. The summed E-state index contributed by atoms with van der Waals surface area (Å²) < 4.78 is 0. The minimum absolute atomic E-state index is 0.0641. The molecule has 1 aliphatic heterocycles. The molecule has 1 heterocycles. The van der Waals surface area contributed by atoms with Crippen LogP contribution in [0.5, 0.6) is 0 Å². The van der Waals surface area contributed by atoms with E-state index in [2.05, 4.69) is 0 Å². The van der Waals surface area contributed by atoms with Crippen LogP contribution in [0.25, 0.3) is 0 Å². The van der Waals surface area contributed by atoms with Gasteiger partial charge in [-0.05, 0) is 56.2 Å². The fourth-order valence-corrected chi connectivity index (χ4v) is 5.02. The van der Waals surface area contributed by atoms with Gasteiger partial charge in [0.05, 0.1) is 26.9 Å². The van der Waals surface area contributed by atoms with E-state index in [9.17, 15) is 19.2 Å². The van der Waals surface area contributed by atoms with Gasteiger partial charge in [0.2, 0.25) is 0 Å². The molecule has 0 saturated carbocycles. The van der Waals surface area contributed by atoms with E-state index in [1.54, 1.807) is 0 Å². The second-order valence-corrected chi connectivity index (χ2v) is 9.89. The normalized spacial score (nSPS) is 19.7. The molecule has 2 aromatic carbocycles. The zero-order valence-corrected chi connectivity index (χ0v) is 20.9. The second kappa shape index (κ2) is 9.70. The van der Waals surface area contributed by atoms with Gasteiger partial charge in [0.1, 0.15) is 6.54 Å². The van der Waals surface area contributed by atoms with Crippen molar-refractivity contribution in [1.82, 2.24) is 10.0 Å². The molecule has 0 N–H and O–H groups in total. The molecule has 6 nitrogen and oxygen atoms in total. The first-order valence-electron chi connectivity index (χ1n) is 10.4. The minimum atomic E-state index is -0.748. The average Bonchev–Trinajstić information content (AvgIpc) is 3.02. The van der Waals surface area contributed by atoms with Crippen molar-refractivity contribution in [2.24, 2.45) is 11.8 Å². The van der Waals surface area contributed by atoms with Crippen molar-refractivity contribution in [3.8, 4) is 0 Å². The number of imide groups is 1. The monoisotopic (exact) mass is 538 g/mol. The fraction of sp³-hybridized carbons (Fsp3) is 0.250. The van der Waals surface area contributed by atoms with Crippen LogP contribution in [0.15, 0.2) is 48.0 Å². The first kappa shape index (κ1) is 24.7. The van der Waals surface area contributed by atoms with E-state index >= 15 is 0 Å². The van der Waals surface area contributed by atoms with Crippen LogP contribution in [-0.2, 0) is 9.59 Å². The predicted octanol–water partition coefficient (Wildman–Crippen LogP) is 5.88. The van der Waals surface area contributed by atoms with Gasteiger partial charge in [-0.2, -0.15) is 5.01 Å². The smallest absolute Gasteiger partial charge is 0.273 e. The number of fused-ring (bicyclic) bond motifs is 1. The van der Waals surface area contributed by atoms with Crippen LogP contribution in [-0.4, -0.2) is 40.1 Å². The number of halogens is 4. The molecule has 10 heteroatoms. The highest BCUT2D eigenvalue weighted by atomic mass is 35.5. The summed E-state index contributed by atoms with van der Waals surface area (Å²) in [6, 6.07) is 8.47. The molecule has 34 heavy (non-hydrogen) atoms. The highest BCUT2D eigenvalue weighted by Crippen LogP contribution is 2.39. The first-order valence-corrected chi connectivity index (χ1v) is 11.9. The van der Waals surface area contributed by atoms with Crippen LogP contribution in [0, 0.1) is 11.8 Å². The van der Waals surface area contributed by atoms with Gasteiger partial charge < -0.3 is 0 Å². The Bertz CT molecular complexity index is 1260. The summed E-state index contributed by atoms with van der Waals surface area (Å²) in [6.45, 7) is 1.30. The molecule has 4 rings (SSSR count). The third kappa shape index (κ3) is 4.60. The lowest BCUT2D eigenvalue weighted by Gasteiger charge is -2.30. The Morgan fingerprint density at radius 2 is 1.65 bits per heavy atom. The molecule has 3 amide bonds. The maximum atomic E-state index is 13.5. The first-order chi connectivity index (χ1) is 16.1. The summed E-state index contributed by atoms with van der Waals surface area (Å²) in [5.74, 6) is -3.54. The number of hydrogen-bond donors (Lipinski definition) is 0. The van der Waals surface area contributed by atoms with Crippen LogP contribution in [0.1, 0.15) is 40.5 Å². The van der Waals surface area contributed by atoms with Crippen molar-refractivity contribution >= 4 is 69.9 Å². The van der Waals surface area contributed by atoms with Crippen molar-refractivity contribution < 1.29 is 19.2 Å². The molecule has 0 spiro atoms. The van der Waals surface area contributed by atoms with E-state index in [1.807, 2.05) is 13.0 Å². The van der Waals surface area contributed by atoms with E-state index in [0.717, 1.165) is 15.6 Å². The molecular formula is C24H18Cl4N2O4. The van der Waals surface area contributed by atoms with E-state index in [0.29, 0.717) is 17.9 Å². The number of Topliss-reactive ketones (excluding diaryl/α,β-unsaturated/α-hetero) is 1. The maximum absolute atomic E-state index is 13.5. The van der Waals surface area contributed by atoms with E-state index in [1.165, 1.54) is 36.4 Å². The molecule has 0 bridgehead atoms. The molecule has 2 atom stereocenters. The highest BCUT2D eigenvalue weighted by molar-refractivity contribution is 6.42. The molecule has 0 aromatic heterocycles. The minimum Gasteiger partial charge on any atom is -0.292 e. The summed E-state index contributed by atoms with van der Waals surface area (Å²) in [5, 5.41) is 2.44. The predicted molar refractivity (Wildman–Crippen MR) is 130 cm³/mol. The highest BCUT2D eigenvalue weighted by Gasteiger charge is 2.51. The number of hydrogen-bond acceptors (Lipinski definition) is 4. The number of hydrazine groups is 1. The van der Waals surface area contributed by atoms with Gasteiger partial charge in [0.25, 0.3) is 17.7 Å². The second-order valence-electron chi connectivity index (χ2n) is 8.23. The summed E-state index contributed by atoms with van der Waals surface area (Å²) in [5.41, 5.74) is 1.16. The number of rotatable bonds is 5. The molecule has 0 radical (unpaired) electrons. The number of nitrogens with zero attached hydrogens (tertiary/aromatic N) is 2. The van der Waals surface area contributed by atoms with Crippen LogP contribution >= 0.6 is 46.4 Å². The molecule has 0 unspecified atom stereocenters. The largest absolute Gasteiger partial charge is 0.292 e. The molecule has 2 aromatic rings. The number of ketones is 1. The average molecular weight is 540 g/mol. The summed E-state index contributed by atoms with van der Waals surface area (Å²) >= 11 is 24.1. The van der Waals surface area contributed by atoms with Crippen LogP contribution < -0.4 is 0 Å². The van der Waals surface area contributed by atoms with Crippen LogP contribution in [0.4, 0.5) is 0 Å². The summed E-state index contributed by atoms with van der Waals surface area (Å²) in [4.78, 5) is 53.2. The molecule has 176 valence electrons. The zero-order valence-electron chi connectivity index (χ0n) is 17.9. The topological polar surface area (TPSA) is 74.8 Å². The number of benzene rings is 2. The van der Waals surface area contributed by atoms with Gasteiger partial charge in [-0.3, -0.25) is 19.2 Å². The Morgan fingerprint density at radius 1 is 0.941 bits per heavy atom. The Balaban J connectivity index is 1.73. The maximum Gasteiger partial charge on any atom is 0.273 e. The third-order valence-corrected chi connectivity index (χ3v) is 7.25. The number of carbonyl (C=O) groups is 4. The SMILES string of the molecule is CC1=CC[C@@H]2C(=O)N(N(CC(=O)c3ccc(Cl)cc3Cl)C(=O)c3ccc(Cl)c(Cl)c3)C(=O)[C@H]2C1. The van der Waals surface area contributed by atoms with Crippen LogP contribution in [0.2, 0.25) is 20.1 Å². The summed E-state index contributed by atoms with van der Waals surface area (Å²) in [7, 11) is 0. The van der Waals surface area contributed by atoms with Crippen molar-refractivity contribution in [2.75, 3.05) is 6.54 Å². The van der Waals surface area contributed by atoms with Gasteiger partial charge in [-0.25, -0.2) is 5.01 Å². The number of allylic oxidation sites excluding steroid dienone is 2. The molecule has 1 saturated heterocycles. The lowest BCUT2D eigenvalue weighted by Crippen LogP contribution is -2.52. The molecule has 1 fully saturated rings. The van der Waals surface area contributed by atoms with Gasteiger partial charge >= 0.3 is 0 Å². The Hall–Kier alpha value is -2.38. The van der Waals surface area contributed by atoms with E-state index < -0.39 is 41.9 Å². The number of carbonyl (C=O) groups excluding carboxylic acids is 4. The quantitative estimate of drug-likeness (QED) is 0.270. The van der Waals surface area contributed by atoms with Crippen molar-refractivity contribution in [1.29, 1.82) is 0 Å². The lowest BCUT2D eigenvalue weighted by atomic mass is 9.82. The zero-order chi connectivity index (χ0) is 24.7. The van der Waals surface area contributed by atoms with Crippen LogP contribution in [0.3, 0.4) is 0 Å².